The van der Waals surface area contributed by atoms with Crippen LogP contribution in [0, 0.1) is 0 Å². The first-order valence-electron chi connectivity index (χ1n) is 7.25. The fourth-order valence-electron chi connectivity index (χ4n) is 3.06. The van der Waals surface area contributed by atoms with E-state index in [2.05, 4.69) is 22.6 Å². The minimum Gasteiger partial charge on any atom is -0.348 e. The lowest BCUT2D eigenvalue weighted by atomic mass is 9.89. The number of nitrogens with zero attached hydrogens (tertiary/aromatic N) is 1. The molecule has 1 aromatic rings. The van der Waals surface area contributed by atoms with E-state index in [0.29, 0.717) is 12.1 Å². The maximum Gasteiger partial charge on any atom is 0.168 e. The highest BCUT2D eigenvalue weighted by Gasteiger charge is 2.40. The summed E-state index contributed by atoms with van der Waals surface area (Å²) in [4.78, 5) is 4.43. The van der Waals surface area contributed by atoms with Crippen LogP contribution in [0.1, 0.15) is 50.1 Å². The second-order valence-electron chi connectivity index (χ2n) is 5.38. The van der Waals surface area contributed by atoms with Crippen molar-refractivity contribution in [2.45, 2.75) is 56.9 Å². The maximum atomic E-state index is 5.77. The van der Waals surface area contributed by atoms with Gasteiger partial charge in [0.05, 0.1) is 19.3 Å². The van der Waals surface area contributed by atoms with E-state index in [1.807, 2.05) is 6.20 Å². The molecule has 1 aliphatic heterocycles. The van der Waals surface area contributed by atoms with Gasteiger partial charge >= 0.3 is 0 Å². The molecule has 1 saturated heterocycles. The van der Waals surface area contributed by atoms with Crippen LogP contribution in [-0.4, -0.2) is 30.0 Å². The third-order valence-corrected chi connectivity index (χ3v) is 5.04. The molecule has 1 atom stereocenters. The Hall–Kier alpha value is -0.490. The van der Waals surface area contributed by atoms with Gasteiger partial charge in [-0.15, -0.1) is 11.3 Å². The minimum atomic E-state index is -0.249. The zero-order chi connectivity index (χ0) is 13.1. The quantitative estimate of drug-likeness (QED) is 0.922. The van der Waals surface area contributed by atoms with Gasteiger partial charge in [0.25, 0.3) is 0 Å². The molecule has 1 saturated carbocycles. The Bertz CT molecular complexity index is 380. The van der Waals surface area contributed by atoms with Gasteiger partial charge in [0.2, 0.25) is 0 Å². The Kier molecular flexibility index (Phi) is 4.17. The molecule has 0 bridgehead atoms. The molecule has 2 fully saturated rings. The summed E-state index contributed by atoms with van der Waals surface area (Å²) in [7, 11) is 0. The van der Waals surface area contributed by atoms with Gasteiger partial charge < -0.3 is 14.8 Å². The summed E-state index contributed by atoms with van der Waals surface area (Å²) >= 11 is 1.74. The van der Waals surface area contributed by atoms with Crippen molar-refractivity contribution in [2.24, 2.45) is 0 Å². The summed E-state index contributed by atoms with van der Waals surface area (Å²) in [6.07, 6.45) is 7.25. The molecule has 19 heavy (non-hydrogen) atoms. The lowest BCUT2D eigenvalue weighted by Gasteiger charge is -2.36. The van der Waals surface area contributed by atoms with Crippen molar-refractivity contribution < 1.29 is 9.47 Å². The van der Waals surface area contributed by atoms with Crippen LogP contribution in [0.15, 0.2) is 11.6 Å². The summed E-state index contributed by atoms with van der Waals surface area (Å²) in [5, 5.41) is 7.01. The van der Waals surface area contributed by atoms with Crippen LogP contribution in [0.25, 0.3) is 0 Å². The molecule has 3 rings (SSSR count). The average Bonchev–Trinajstić information content (AvgIpc) is 3.10. The molecule has 0 aromatic carbocycles. The summed E-state index contributed by atoms with van der Waals surface area (Å²) in [6.45, 7) is 3.73. The molecule has 1 N–H and O–H groups in total. The van der Waals surface area contributed by atoms with Gasteiger partial charge in [0, 0.05) is 30.5 Å². The van der Waals surface area contributed by atoms with Crippen molar-refractivity contribution in [1.82, 2.24) is 10.3 Å². The summed E-state index contributed by atoms with van der Waals surface area (Å²) < 4.78 is 11.5. The van der Waals surface area contributed by atoms with Gasteiger partial charge in [0.1, 0.15) is 5.01 Å². The Balaban J connectivity index is 1.54. The number of thiazole rings is 1. The van der Waals surface area contributed by atoms with E-state index in [4.69, 9.17) is 9.47 Å². The minimum absolute atomic E-state index is 0.249. The third-order valence-electron chi connectivity index (χ3n) is 4.16. The van der Waals surface area contributed by atoms with Crippen molar-refractivity contribution in [1.29, 1.82) is 0 Å². The first kappa shape index (κ1) is 13.5. The van der Waals surface area contributed by atoms with Crippen molar-refractivity contribution in [3.63, 3.8) is 0 Å². The molecule has 5 heteroatoms. The van der Waals surface area contributed by atoms with Crippen LogP contribution >= 0.6 is 11.3 Å². The van der Waals surface area contributed by atoms with E-state index >= 15 is 0 Å². The maximum absolute atomic E-state index is 5.77. The fourth-order valence-corrected chi connectivity index (χ4v) is 3.85. The van der Waals surface area contributed by atoms with Crippen LogP contribution in [-0.2, 0) is 9.47 Å². The molecule has 2 heterocycles. The second-order valence-corrected chi connectivity index (χ2v) is 6.31. The highest BCUT2D eigenvalue weighted by Crippen LogP contribution is 2.36. The molecule has 1 aliphatic carbocycles. The van der Waals surface area contributed by atoms with Crippen LogP contribution in [0.5, 0.6) is 0 Å². The monoisotopic (exact) mass is 282 g/mol. The lowest BCUT2D eigenvalue weighted by Crippen LogP contribution is -2.43. The molecule has 1 aromatic heterocycles. The van der Waals surface area contributed by atoms with Crippen LogP contribution in [0.3, 0.4) is 0 Å². The Labute approximate surface area is 118 Å². The van der Waals surface area contributed by atoms with Gasteiger partial charge in [-0.2, -0.15) is 0 Å². The van der Waals surface area contributed by atoms with Crippen molar-refractivity contribution >= 4 is 11.3 Å². The van der Waals surface area contributed by atoms with Gasteiger partial charge in [-0.25, -0.2) is 4.98 Å². The number of hydrogen-bond acceptors (Lipinski definition) is 5. The van der Waals surface area contributed by atoms with E-state index in [-0.39, 0.29) is 5.79 Å². The van der Waals surface area contributed by atoms with Gasteiger partial charge in [-0.3, -0.25) is 0 Å². The number of rotatable bonds is 4. The van der Waals surface area contributed by atoms with Gasteiger partial charge in [0.15, 0.2) is 5.79 Å². The molecule has 2 aliphatic rings. The molecule has 106 valence electrons. The highest BCUT2D eigenvalue weighted by atomic mass is 32.1. The van der Waals surface area contributed by atoms with Gasteiger partial charge in [-0.1, -0.05) is 6.92 Å². The van der Waals surface area contributed by atoms with Crippen molar-refractivity contribution in [3.8, 4) is 0 Å². The van der Waals surface area contributed by atoms with Gasteiger partial charge in [-0.05, 0) is 19.3 Å². The predicted octanol–water partition coefficient (Wildman–Crippen LogP) is 2.87. The summed E-state index contributed by atoms with van der Waals surface area (Å²) in [5.41, 5.74) is 0. The second kappa shape index (κ2) is 5.87. The Morgan fingerprint density at radius 2 is 2.16 bits per heavy atom. The molecule has 0 radical (unpaired) electrons. The molecular formula is C14H22N2O2S. The zero-order valence-corrected chi connectivity index (χ0v) is 12.2. The number of ether oxygens (including phenoxy) is 2. The van der Waals surface area contributed by atoms with Crippen molar-refractivity contribution in [3.05, 3.63) is 16.6 Å². The number of nitrogens with one attached hydrogen (secondary N) is 1. The average molecular weight is 282 g/mol. The van der Waals surface area contributed by atoms with E-state index in [1.54, 1.807) is 11.3 Å². The summed E-state index contributed by atoms with van der Waals surface area (Å²) in [5.74, 6) is -0.249. The third kappa shape index (κ3) is 2.99. The highest BCUT2D eigenvalue weighted by molar-refractivity contribution is 7.09. The Morgan fingerprint density at radius 1 is 1.42 bits per heavy atom. The summed E-state index contributed by atoms with van der Waals surface area (Å²) in [6, 6.07) is 0.955. The number of aromatic nitrogens is 1. The van der Waals surface area contributed by atoms with Crippen LogP contribution in [0.2, 0.25) is 0 Å². The normalized spacial score (nSPS) is 24.9. The topological polar surface area (TPSA) is 43.4 Å². The van der Waals surface area contributed by atoms with Crippen LogP contribution < -0.4 is 5.32 Å². The molecule has 0 amide bonds. The Morgan fingerprint density at radius 3 is 2.74 bits per heavy atom. The van der Waals surface area contributed by atoms with Crippen LogP contribution in [0.4, 0.5) is 0 Å². The van der Waals surface area contributed by atoms with E-state index in [1.165, 1.54) is 5.01 Å². The van der Waals surface area contributed by atoms with E-state index < -0.39 is 0 Å². The molecule has 4 nitrogen and oxygen atoms in total. The molecule has 1 unspecified atom stereocenters. The predicted molar refractivity (Wildman–Crippen MR) is 75.2 cm³/mol. The fraction of sp³-hybridized carbons (Fsp3) is 0.786. The zero-order valence-electron chi connectivity index (χ0n) is 11.4. The lowest BCUT2D eigenvalue weighted by molar-refractivity contribution is -0.179. The number of hydrogen-bond donors (Lipinski definition) is 1. The largest absolute Gasteiger partial charge is 0.348 e. The molecule has 1 spiro atoms. The first-order valence-corrected chi connectivity index (χ1v) is 8.13. The smallest absolute Gasteiger partial charge is 0.168 e. The van der Waals surface area contributed by atoms with E-state index in [9.17, 15) is 0 Å². The standard InChI is InChI=1S/C14H22N2O2S/c1-2-12(13-15-7-10-19-13)16-11-3-5-14(6-4-11)17-8-9-18-14/h7,10-12,16H,2-6,8-9H2,1H3. The SMILES string of the molecule is CCC(NC1CCC2(CC1)OCCO2)c1nccs1. The molecular weight excluding hydrogens is 260 g/mol. The van der Waals surface area contributed by atoms with E-state index in [0.717, 1.165) is 45.3 Å². The first-order chi connectivity index (χ1) is 9.31. The van der Waals surface area contributed by atoms with Crippen molar-refractivity contribution in [2.75, 3.05) is 13.2 Å².